The predicted molar refractivity (Wildman–Crippen MR) is 89.6 cm³/mol. The number of amides is 1. The molecule has 2 aromatic rings. The largest absolute Gasteiger partial charge is 0.396 e. The van der Waals surface area contributed by atoms with Crippen LogP contribution in [0.15, 0.2) is 24.4 Å². The second-order valence-electron chi connectivity index (χ2n) is 6.45. The highest BCUT2D eigenvalue weighted by atomic mass is 16.6. The summed E-state index contributed by atoms with van der Waals surface area (Å²) in [6, 6.07) is 4.76. The van der Waals surface area contributed by atoms with Gasteiger partial charge in [0.1, 0.15) is 0 Å². The zero-order valence-electron chi connectivity index (χ0n) is 13.3. The minimum atomic E-state index is -0.435. The average Bonchev–Trinajstić information content (AvgIpc) is 2.97. The quantitative estimate of drug-likeness (QED) is 0.577. The molecular weight excluding hydrogens is 310 g/mol. The van der Waals surface area contributed by atoms with Gasteiger partial charge in [0.2, 0.25) is 5.91 Å². The molecule has 128 valence electrons. The number of carbonyl (C=O) groups is 1. The van der Waals surface area contributed by atoms with Gasteiger partial charge in [-0.25, -0.2) is 0 Å². The van der Waals surface area contributed by atoms with Crippen molar-refractivity contribution in [3.63, 3.8) is 0 Å². The first-order chi connectivity index (χ1) is 11.6. The number of aliphatic hydroxyl groups is 1. The maximum absolute atomic E-state index is 12.3. The molecule has 0 spiro atoms. The van der Waals surface area contributed by atoms with Crippen molar-refractivity contribution >= 4 is 22.5 Å². The Labute approximate surface area is 139 Å². The van der Waals surface area contributed by atoms with Crippen LogP contribution in [0.2, 0.25) is 0 Å². The van der Waals surface area contributed by atoms with Gasteiger partial charge in [0.05, 0.1) is 11.3 Å². The van der Waals surface area contributed by atoms with Gasteiger partial charge in [0, 0.05) is 41.9 Å². The number of rotatable bonds is 5. The maximum atomic E-state index is 12.3. The third kappa shape index (κ3) is 3.56. The highest BCUT2D eigenvalue weighted by Gasteiger charge is 2.22. The first-order valence-corrected chi connectivity index (χ1v) is 8.21. The Balaban J connectivity index is 1.65. The number of aromatic amines is 1. The number of nitrogens with zero attached hydrogens (tertiary/aromatic N) is 1. The van der Waals surface area contributed by atoms with E-state index in [4.69, 9.17) is 5.11 Å². The zero-order chi connectivity index (χ0) is 17.1. The van der Waals surface area contributed by atoms with Crippen molar-refractivity contribution in [2.75, 3.05) is 6.61 Å². The average molecular weight is 331 g/mol. The molecule has 3 rings (SSSR count). The molecular formula is C17H21N3O4. The van der Waals surface area contributed by atoms with Crippen LogP contribution in [0.25, 0.3) is 10.9 Å². The van der Waals surface area contributed by atoms with Crippen molar-refractivity contribution in [2.45, 2.75) is 38.1 Å². The number of nitrogens with one attached hydrogen (secondary N) is 2. The van der Waals surface area contributed by atoms with Crippen molar-refractivity contribution in [3.05, 3.63) is 40.1 Å². The molecule has 1 aromatic carbocycles. The summed E-state index contributed by atoms with van der Waals surface area (Å²) in [5.41, 5.74) is 1.56. The summed E-state index contributed by atoms with van der Waals surface area (Å²) in [7, 11) is 0. The smallest absolute Gasteiger partial charge is 0.270 e. The molecule has 1 heterocycles. The van der Waals surface area contributed by atoms with Gasteiger partial charge >= 0.3 is 0 Å². The molecule has 0 unspecified atom stereocenters. The van der Waals surface area contributed by atoms with E-state index in [0.29, 0.717) is 11.3 Å². The second kappa shape index (κ2) is 7.00. The van der Waals surface area contributed by atoms with E-state index in [2.05, 4.69) is 10.3 Å². The number of non-ortho nitro benzene ring substituents is 1. The highest BCUT2D eigenvalue weighted by Crippen LogP contribution is 2.25. The summed E-state index contributed by atoms with van der Waals surface area (Å²) in [4.78, 5) is 25.8. The van der Waals surface area contributed by atoms with E-state index >= 15 is 0 Å². The van der Waals surface area contributed by atoms with Crippen molar-refractivity contribution in [1.82, 2.24) is 10.3 Å². The number of carbonyl (C=O) groups excluding carboxylic acids is 1. The summed E-state index contributed by atoms with van der Waals surface area (Å²) in [5.74, 6) is 0.280. The van der Waals surface area contributed by atoms with E-state index in [-0.39, 0.29) is 30.7 Å². The van der Waals surface area contributed by atoms with E-state index in [0.717, 1.165) is 36.8 Å². The Bertz CT molecular complexity index is 747. The van der Waals surface area contributed by atoms with E-state index in [9.17, 15) is 14.9 Å². The number of benzene rings is 1. The Morgan fingerprint density at radius 2 is 2.08 bits per heavy atom. The fourth-order valence-corrected chi connectivity index (χ4v) is 3.37. The third-order valence-corrected chi connectivity index (χ3v) is 4.78. The molecule has 1 saturated carbocycles. The van der Waals surface area contributed by atoms with Gasteiger partial charge < -0.3 is 15.4 Å². The predicted octanol–water partition coefficient (Wildman–Crippen LogP) is 2.29. The van der Waals surface area contributed by atoms with Crippen LogP contribution >= 0.6 is 0 Å². The second-order valence-corrected chi connectivity index (χ2v) is 6.45. The summed E-state index contributed by atoms with van der Waals surface area (Å²) in [6.45, 7) is 0.217. The van der Waals surface area contributed by atoms with Crippen LogP contribution in [0.4, 0.5) is 5.69 Å². The van der Waals surface area contributed by atoms with Gasteiger partial charge in [-0.2, -0.15) is 0 Å². The van der Waals surface area contributed by atoms with Gasteiger partial charge in [0.25, 0.3) is 5.69 Å². The van der Waals surface area contributed by atoms with Crippen LogP contribution in [0.3, 0.4) is 0 Å². The highest BCUT2D eigenvalue weighted by molar-refractivity contribution is 5.90. The molecule has 1 aromatic heterocycles. The molecule has 0 radical (unpaired) electrons. The molecule has 0 aliphatic heterocycles. The maximum Gasteiger partial charge on any atom is 0.270 e. The fraction of sp³-hybridized carbons (Fsp3) is 0.471. The van der Waals surface area contributed by atoms with E-state index < -0.39 is 4.92 Å². The van der Waals surface area contributed by atoms with E-state index in [1.807, 2.05) is 0 Å². The van der Waals surface area contributed by atoms with Crippen molar-refractivity contribution in [2.24, 2.45) is 5.92 Å². The molecule has 1 aliphatic rings. The lowest BCUT2D eigenvalue weighted by Gasteiger charge is -2.27. The number of hydrogen-bond acceptors (Lipinski definition) is 4. The van der Waals surface area contributed by atoms with E-state index in [1.54, 1.807) is 12.3 Å². The lowest BCUT2D eigenvalue weighted by molar-refractivity contribution is -0.384. The van der Waals surface area contributed by atoms with Gasteiger partial charge in [0.15, 0.2) is 0 Å². The molecule has 3 N–H and O–H groups in total. The summed E-state index contributed by atoms with van der Waals surface area (Å²) in [5, 5.41) is 23.8. The Kier molecular flexibility index (Phi) is 4.80. The molecule has 7 nitrogen and oxygen atoms in total. The number of aromatic nitrogens is 1. The molecule has 24 heavy (non-hydrogen) atoms. The minimum absolute atomic E-state index is 0.0195. The number of H-pyrrole nitrogens is 1. The van der Waals surface area contributed by atoms with Crippen molar-refractivity contribution in [1.29, 1.82) is 0 Å². The molecule has 1 fully saturated rings. The first-order valence-electron chi connectivity index (χ1n) is 8.21. The molecule has 0 atom stereocenters. The van der Waals surface area contributed by atoms with Crippen LogP contribution in [-0.2, 0) is 11.2 Å². The topological polar surface area (TPSA) is 108 Å². The number of nitro groups is 1. The Morgan fingerprint density at radius 3 is 2.75 bits per heavy atom. The molecule has 1 amide bonds. The number of aliphatic hydroxyl groups excluding tert-OH is 1. The molecule has 0 bridgehead atoms. The first kappa shape index (κ1) is 16.4. The van der Waals surface area contributed by atoms with Crippen LogP contribution in [-0.4, -0.2) is 33.6 Å². The van der Waals surface area contributed by atoms with Crippen molar-refractivity contribution < 1.29 is 14.8 Å². The summed E-state index contributed by atoms with van der Waals surface area (Å²) in [6.07, 6.45) is 5.56. The molecule has 1 aliphatic carbocycles. The fourth-order valence-electron chi connectivity index (χ4n) is 3.37. The number of nitro benzene ring substituents is 1. The van der Waals surface area contributed by atoms with Gasteiger partial charge in [-0.3, -0.25) is 14.9 Å². The zero-order valence-corrected chi connectivity index (χ0v) is 13.3. The lowest BCUT2D eigenvalue weighted by atomic mass is 9.86. The van der Waals surface area contributed by atoms with Gasteiger partial charge in [-0.15, -0.1) is 0 Å². The lowest BCUT2D eigenvalue weighted by Crippen LogP contribution is -2.38. The normalized spacial score (nSPS) is 20.9. The Morgan fingerprint density at radius 1 is 1.33 bits per heavy atom. The van der Waals surface area contributed by atoms with Gasteiger partial charge in [-0.1, -0.05) is 0 Å². The van der Waals surface area contributed by atoms with Crippen LogP contribution in [0, 0.1) is 16.0 Å². The minimum Gasteiger partial charge on any atom is -0.396 e. The summed E-state index contributed by atoms with van der Waals surface area (Å²) >= 11 is 0. The van der Waals surface area contributed by atoms with Crippen LogP contribution in [0.1, 0.15) is 31.2 Å². The number of hydrogen-bond donors (Lipinski definition) is 3. The number of fused-ring (bicyclic) bond motifs is 1. The van der Waals surface area contributed by atoms with Crippen molar-refractivity contribution in [3.8, 4) is 0 Å². The summed E-state index contributed by atoms with van der Waals surface area (Å²) < 4.78 is 0. The third-order valence-electron chi connectivity index (χ3n) is 4.78. The SMILES string of the molecule is O=C(Cc1c[nH]c2ccc([N+](=O)[O-])cc12)NC1CCC(CO)CC1. The van der Waals surface area contributed by atoms with E-state index in [1.165, 1.54) is 12.1 Å². The van der Waals surface area contributed by atoms with Crippen LogP contribution in [0.5, 0.6) is 0 Å². The monoisotopic (exact) mass is 331 g/mol. The Hall–Kier alpha value is -2.41. The van der Waals surface area contributed by atoms with Crippen LogP contribution < -0.4 is 5.32 Å². The van der Waals surface area contributed by atoms with Gasteiger partial charge in [-0.05, 0) is 43.2 Å². The standard InChI is InChI=1S/C17H21N3O4/c21-10-11-1-3-13(4-2-11)19-17(22)7-12-9-18-16-6-5-14(20(23)24)8-15(12)16/h5-6,8-9,11,13,18,21H,1-4,7,10H2,(H,19,22). The molecule has 0 saturated heterocycles. The molecule has 7 heteroatoms.